The molecular formula is C18H16FNO. The van der Waals surface area contributed by atoms with Crippen LogP contribution in [0.5, 0.6) is 5.75 Å². The van der Waals surface area contributed by atoms with Crippen LogP contribution in [0.2, 0.25) is 0 Å². The number of ether oxygens (including phenoxy) is 1. The first kappa shape index (κ1) is 13.4. The number of hydrogen-bond donors (Lipinski definition) is 1. The first-order valence-corrected chi connectivity index (χ1v) is 6.81. The second-order valence-electron chi connectivity index (χ2n) is 4.87. The van der Waals surface area contributed by atoms with Crippen molar-refractivity contribution >= 4 is 16.5 Å². The molecule has 3 aromatic rings. The Kier molecular flexibility index (Phi) is 3.73. The zero-order chi connectivity index (χ0) is 14.7. The van der Waals surface area contributed by atoms with Crippen molar-refractivity contribution < 1.29 is 9.13 Å². The Labute approximate surface area is 123 Å². The Balaban J connectivity index is 1.77. The predicted octanol–water partition coefficient (Wildman–Crippen LogP) is 4.60. The van der Waals surface area contributed by atoms with E-state index >= 15 is 0 Å². The van der Waals surface area contributed by atoms with E-state index in [4.69, 9.17) is 4.74 Å². The maximum atomic E-state index is 13.9. The monoisotopic (exact) mass is 281 g/mol. The van der Waals surface area contributed by atoms with Gasteiger partial charge >= 0.3 is 0 Å². The first-order chi connectivity index (χ1) is 10.3. The van der Waals surface area contributed by atoms with Crippen LogP contribution in [0.4, 0.5) is 10.1 Å². The standard InChI is InChI=1S/C18H16FNO/c1-21-17-9-7-15(18(19)11-17)12-20-16-8-6-13-4-2-3-5-14(13)10-16/h2-11,20H,12H2,1H3. The fraction of sp³-hybridized carbons (Fsp3) is 0.111. The molecule has 0 aliphatic heterocycles. The van der Waals surface area contributed by atoms with Crippen LogP contribution in [0.1, 0.15) is 5.56 Å². The third-order valence-electron chi connectivity index (χ3n) is 3.49. The molecule has 106 valence electrons. The minimum Gasteiger partial charge on any atom is -0.497 e. The quantitative estimate of drug-likeness (QED) is 0.754. The van der Waals surface area contributed by atoms with Crippen LogP contribution in [-0.4, -0.2) is 7.11 Å². The summed E-state index contributed by atoms with van der Waals surface area (Å²) in [5.74, 6) is 0.268. The average Bonchev–Trinajstić information content (AvgIpc) is 2.53. The van der Waals surface area contributed by atoms with E-state index in [1.54, 1.807) is 12.1 Å². The van der Waals surface area contributed by atoms with E-state index in [9.17, 15) is 4.39 Å². The van der Waals surface area contributed by atoms with Gasteiger partial charge < -0.3 is 10.1 Å². The fourth-order valence-electron chi connectivity index (χ4n) is 2.29. The van der Waals surface area contributed by atoms with Gasteiger partial charge in [-0.2, -0.15) is 0 Å². The van der Waals surface area contributed by atoms with Crippen LogP contribution in [0, 0.1) is 5.82 Å². The van der Waals surface area contributed by atoms with Gasteiger partial charge in [0.2, 0.25) is 0 Å². The maximum absolute atomic E-state index is 13.9. The van der Waals surface area contributed by atoms with E-state index in [2.05, 4.69) is 29.6 Å². The summed E-state index contributed by atoms with van der Waals surface area (Å²) in [7, 11) is 1.53. The van der Waals surface area contributed by atoms with Crippen molar-refractivity contribution in [3.05, 3.63) is 72.0 Å². The van der Waals surface area contributed by atoms with Gasteiger partial charge in [-0.3, -0.25) is 0 Å². The van der Waals surface area contributed by atoms with Gasteiger partial charge in [0.25, 0.3) is 0 Å². The minimum absolute atomic E-state index is 0.261. The number of fused-ring (bicyclic) bond motifs is 1. The zero-order valence-electron chi connectivity index (χ0n) is 11.8. The summed E-state index contributed by atoms with van der Waals surface area (Å²) in [6.07, 6.45) is 0. The summed E-state index contributed by atoms with van der Waals surface area (Å²) < 4.78 is 18.9. The Morgan fingerprint density at radius 1 is 0.952 bits per heavy atom. The molecule has 3 aromatic carbocycles. The molecule has 0 aromatic heterocycles. The van der Waals surface area contributed by atoms with Crippen molar-refractivity contribution in [2.75, 3.05) is 12.4 Å². The lowest BCUT2D eigenvalue weighted by Gasteiger charge is -2.09. The number of benzene rings is 3. The minimum atomic E-state index is -0.261. The van der Waals surface area contributed by atoms with Crippen molar-refractivity contribution in [3.8, 4) is 5.75 Å². The van der Waals surface area contributed by atoms with Crippen molar-refractivity contribution in [1.82, 2.24) is 0 Å². The molecule has 3 heteroatoms. The maximum Gasteiger partial charge on any atom is 0.131 e. The van der Waals surface area contributed by atoms with Crippen molar-refractivity contribution in [2.45, 2.75) is 6.54 Å². The molecule has 0 bridgehead atoms. The van der Waals surface area contributed by atoms with Gasteiger partial charge in [-0.05, 0) is 29.0 Å². The van der Waals surface area contributed by atoms with E-state index in [0.29, 0.717) is 17.9 Å². The highest BCUT2D eigenvalue weighted by Crippen LogP contribution is 2.21. The zero-order valence-corrected chi connectivity index (χ0v) is 11.8. The first-order valence-electron chi connectivity index (χ1n) is 6.81. The van der Waals surface area contributed by atoms with Gasteiger partial charge in [-0.1, -0.05) is 36.4 Å². The summed E-state index contributed by atoms with van der Waals surface area (Å²) in [5.41, 5.74) is 1.59. The number of hydrogen-bond acceptors (Lipinski definition) is 2. The molecule has 3 rings (SSSR count). The Morgan fingerprint density at radius 2 is 1.76 bits per heavy atom. The Bertz CT molecular complexity index is 770. The van der Waals surface area contributed by atoms with Crippen LogP contribution >= 0.6 is 0 Å². The second kappa shape index (κ2) is 5.83. The van der Waals surface area contributed by atoms with Crippen molar-refractivity contribution in [1.29, 1.82) is 0 Å². The molecule has 0 aliphatic carbocycles. The van der Waals surface area contributed by atoms with Gasteiger partial charge in [0.1, 0.15) is 11.6 Å². The molecule has 0 amide bonds. The van der Waals surface area contributed by atoms with Crippen molar-refractivity contribution in [2.24, 2.45) is 0 Å². The molecule has 0 saturated carbocycles. The van der Waals surface area contributed by atoms with Crippen LogP contribution in [-0.2, 0) is 6.54 Å². The lowest BCUT2D eigenvalue weighted by molar-refractivity contribution is 0.411. The number of nitrogens with one attached hydrogen (secondary N) is 1. The number of halogens is 1. The largest absolute Gasteiger partial charge is 0.497 e. The average molecular weight is 281 g/mol. The highest BCUT2D eigenvalue weighted by atomic mass is 19.1. The molecule has 0 aliphatic rings. The summed E-state index contributed by atoms with van der Waals surface area (Å²) in [6.45, 7) is 0.439. The lowest BCUT2D eigenvalue weighted by Crippen LogP contribution is -2.02. The molecule has 0 radical (unpaired) electrons. The Hall–Kier alpha value is -2.55. The van der Waals surface area contributed by atoms with Crippen molar-refractivity contribution in [3.63, 3.8) is 0 Å². The molecule has 0 heterocycles. The van der Waals surface area contributed by atoms with Gasteiger partial charge in [-0.15, -0.1) is 0 Å². The van der Waals surface area contributed by atoms with Crippen LogP contribution in [0.15, 0.2) is 60.7 Å². The molecule has 0 saturated heterocycles. The summed E-state index contributed by atoms with van der Waals surface area (Å²) in [5, 5.41) is 5.61. The predicted molar refractivity (Wildman–Crippen MR) is 84.2 cm³/mol. The van der Waals surface area contributed by atoms with Crippen LogP contribution in [0.3, 0.4) is 0 Å². The van der Waals surface area contributed by atoms with Crippen LogP contribution < -0.4 is 10.1 Å². The number of methoxy groups -OCH3 is 1. The third kappa shape index (κ3) is 2.97. The van der Waals surface area contributed by atoms with Gasteiger partial charge in [0.15, 0.2) is 0 Å². The Morgan fingerprint density at radius 3 is 2.52 bits per heavy atom. The molecule has 0 fully saturated rings. The fourth-order valence-corrected chi connectivity index (χ4v) is 2.29. The van der Waals surface area contributed by atoms with E-state index in [1.807, 2.05) is 18.2 Å². The summed E-state index contributed by atoms with van der Waals surface area (Å²) >= 11 is 0. The molecular weight excluding hydrogens is 265 g/mol. The number of rotatable bonds is 4. The lowest BCUT2D eigenvalue weighted by atomic mass is 10.1. The molecule has 0 atom stereocenters. The van der Waals surface area contributed by atoms with E-state index in [-0.39, 0.29) is 5.82 Å². The van der Waals surface area contributed by atoms with Gasteiger partial charge in [-0.25, -0.2) is 4.39 Å². The van der Waals surface area contributed by atoms with Gasteiger partial charge in [0, 0.05) is 23.9 Å². The summed E-state index contributed by atoms with van der Waals surface area (Å²) in [6, 6.07) is 19.2. The normalized spacial score (nSPS) is 10.6. The SMILES string of the molecule is COc1ccc(CNc2ccc3ccccc3c2)c(F)c1. The highest BCUT2D eigenvalue weighted by Gasteiger charge is 2.04. The van der Waals surface area contributed by atoms with Crippen LogP contribution in [0.25, 0.3) is 10.8 Å². The number of anilines is 1. The molecule has 0 spiro atoms. The molecule has 1 N–H and O–H groups in total. The third-order valence-corrected chi connectivity index (χ3v) is 3.49. The topological polar surface area (TPSA) is 21.3 Å². The molecule has 21 heavy (non-hydrogen) atoms. The van der Waals surface area contributed by atoms with E-state index in [1.165, 1.54) is 18.6 Å². The van der Waals surface area contributed by atoms with E-state index < -0.39 is 0 Å². The highest BCUT2D eigenvalue weighted by molar-refractivity contribution is 5.85. The van der Waals surface area contributed by atoms with E-state index in [0.717, 1.165) is 11.1 Å². The molecule has 0 unspecified atom stereocenters. The summed E-state index contributed by atoms with van der Waals surface area (Å²) in [4.78, 5) is 0. The smallest absolute Gasteiger partial charge is 0.131 e. The molecule has 2 nitrogen and oxygen atoms in total. The second-order valence-corrected chi connectivity index (χ2v) is 4.87. The van der Waals surface area contributed by atoms with Gasteiger partial charge in [0.05, 0.1) is 7.11 Å².